The van der Waals surface area contributed by atoms with Crippen molar-refractivity contribution in [3.8, 4) is 39.8 Å². The Morgan fingerprint density at radius 3 is 2.47 bits per heavy atom. The first-order chi connectivity index (χ1) is 16.7. The third-order valence-electron chi connectivity index (χ3n) is 5.32. The highest BCUT2D eigenvalue weighted by Crippen LogP contribution is 2.28. The van der Waals surface area contributed by atoms with E-state index in [-0.39, 0.29) is 12.0 Å². The molecule has 0 radical (unpaired) electrons. The molecule has 0 aliphatic carbocycles. The van der Waals surface area contributed by atoms with Crippen LogP contribution in [0.1, 0.15) is 5.82 Å². The molecule has 0 spiro atoms. The normalized spacial score (nSPS) is 10.9. The summed E-state index contributed by atoms with van der Waals surface area (Å²) in [6, 6.07) is 19.7. The van der Waals surface area contributed by atoms with Gasteiger partial charge in [0.15, 0.2) is 12.0 Å². The topological polar surface area (TPSA) is 96.8 Å². The summed E-state index contributed by atoms with van der Waals surface area (Å²) < 4.78 is 27.4. The first-order valence-electron chi connectivity index (χ1n) is 10.4. The van der Waals surface area contributed by atoms with Crippen LogP contribution in [-0.2, 0) is 6.61 Å². The third-order valence-corrected chi connectivity index (χ3v) is 5.32. The van der Waals surface area contributed by atoms with Gasteiger partial charge in [0.2, 0.25) is 5.82 Å². The Bertz CT molecular complexity index is 1500. The van der Waals surface area contributed by atoms with E-state index in [1.165, 1.54) is 6.26 Å². The van der Waals surface area contributed by atoms with Crippen molar-refractivity contribution in [2.45, 2.75) is 6.61 Å². The molecule has 0 aliphatic rings. The van der Waals surface area contributed by atoms with Gasteiger partial charge in [-0.2, -0.15) is 4.98 Å². The van der Waals surface area contributed by atoms with Crippen LogP contribution in [0, 0.1) is 0 Å². The molecule has 0 atom stereocenters. The molecule has 5 rings (SSSR count). The van der Waals surface area contributed by atoms with Crippen molar-refractivity contribution >= 4 is 11.0 Å². The van der Waals surface area contributed by atoms with Crippen molar-refractivity contribution in [2.75, 3.05) is 14.2 Å². The number of fused-ring (bicyclic) bond motifs is 1. The zero-order chi connectivity index (χ0) is 23.5. The smallest absolute Gasteiger partial charge is 0.261 e. The molecule has 0 amide bonds. The van der Waals surface area contributed by atoms with E-state index in [2.05, 4.69) is 10.1 Å². The van der Waals surface area contributed by atoms with Crippen molar-refractivity contribution < 1.29 is 23.2 Å². The molecule has 2 aromatic heterocycles. The number of methoxy groups -OCH3 is 2. The van der Waals surface area contributed by atoms with Crippen molar-refractivity contribution in [2.24, 2.45) is 0 Å². The molecule has 2 heterocycles. The number of hydrogen-bond donors (Lipinski definition) is 0. The van der Waals surface area contributed by atoms with E-state index in [0.29, 0.717) is 51.1 Å². The van der Waals surface area contributed by atoms with Crippen LogP contribution in [0.5, 0.6) is 17.2 Å². The van der Waals surface area contributed by atoms with Crippen molar-refractivity contribution in [3.05, 3.63) is 89.0 Å². The first kappa shape index (κ1) is 21.3. The summed E-state index contributed by atoms with van der Waals surface area (Å²) in [6.07, 6.45) is 1.45. The van der Waals surface area contributed by atoms with Crippen LogP contribution in [0.3, 0.4) is 0 Å². The minimum Gasteiger partial charge on any atom is -0.497 e. The number of rotatable bonds is 7. The highest BCUT2D eigenvalue weighted by molar-refractivity contribution is 5.82. The number of para-hydroxylation sites is 1. The van der Waals surface area contributed by atoms with Crippen LogP contribution in [0.25, 0.3) is 33.6 Å². The molecule has 3 aromatic carbocycles. The number of benzene rings is 3. The van der Waals surface area contributed by atoms with E-state index in [4.69, 9.17) is 23.2 Å². The van der Waals surface area contributed by atoms with Crippen molar-refractivity contribution in [1.29, 1.82) is 0 Å². The number of nitrogens with zero attached hydrogens (tertiary/aromatic N) is 2. The minimum atomic E-state index is -0.127. The molecular formula is C26H20N2O6. The maximum atomic E-state index is 13.0. The standard InChI is InChI=1S/C26H20N2O6/c1-30-17-9-7-16(8-10-17)21-14-33-23-13-18(11-12-19(23)25(21)29)32-15-24-27-26(34-28-24)20-5-3-4-6-22(20)31-2/h3-14H,15H2,1-2H3. The van der Waals surface area contributed by atoms with Gasteiger partial charge in [0, 0.05) is 6.07 Å². The molecule has 0 saturated heterocycles. The lowest BCUT2D eigenvalue weighted by Gasteiger charge is -2.07. The Balaban J connectivity index is 1.34. The van der Waals surface area contributed by atoms with Crippen molar-refractivity contribution in [1.82, 2.24) is 10.1 Å². The van der Waals surface area contributed by atoms with Gasteiger partial charge >= 0.3 is 0 Å². The summed E-state index contributed by atoms with van der Waals surface area (Å²) in [5, 5.41) is 4.43. The molecule has 8 heteroatoms. The summed E-state index contributed by atoms with van der Waals surface area (Å²) in [4.78, 5) is 17.4. The molecule has 5 aromatic rings. The quantitative estimate of drug-likeness (QED) is 0.333. The SMILES string of the molecule is COc1ccc(-c2coc3cc(OCc4noc(-c5ccccc5OC)n4)ccc3c2=O)cc1. The monoisotopic (exact) mass is 456 g/mol. The average molecular weight is 456 g/mol. The van der Waals surface area contributed by atoms with Crippen LogP contribution in [0.4, 0.5) is 0 Å². The highest BCUT2D eigenvalue weighted by atomic mass is 16.5. The number of hydrogen-bond acceptors (Lipinski definition) is 8. The van der Waals surface area contributed by atoms with Crippen LogP contribution in [0.15, 0.2) is 86.7 Å². The van der Waals surface area contributed by atoms with Crippen molar-refractivity contribution in [3.63, 3.8) is 0 Å². The Morgan fingerprint density at radius 1 is 0.882 bits per heavy atom. The predicted molar refractivity (Wildman–Crippen MR) is 125 cm³/mol. The maximum absolute atomic E-state index is 13.0. The van der Waals surface area contributed by atoms with E-state index in [1.807, 2.05) is 36.4 Å². The predicted octanol–water partition coefficient (Wildman–Crippen LogP) is 5.11. The van der Waals surface area contributed by atoms with Crippen LogP contribution in [-0.4, -0.2) is 24.4 Å². The second-order valence-corrected chi connectivity index (χ2v) is 7.37. The zero-order valence-electron chi connectivity index (χ0n) is 18.5. The van der Waals surface area contributed by atoms with Gasteiger partial charge < -0.3 is 23.2 Å². The molecule has 0 unspecified atom stereocenters. The minimum absolute atomic E-state index is 0.0817. The van der Waals surface area contributed by atoms with E-state index >= 15 is 0 Å². The van der Waals surface area contributed by atoms with E-state index < -0.39 is 0 Å². The summed E-state index contributed by atoms with van der Waals surface area (Å²) in [5.41, 5.74) is 2.21. The van der Waals surface area contributed by atoms with E-state index in [0.717, 1.165) is 5.56 Å². The molecule has 0 saturated carbocycles. The van der Waals surface area contributed by atoms with E-state index in [1.54, 1.807) is 44.6 Å². The average Bonchev–Trinajstić information content (AvgIpc) is 3.36. The van der Waals surface area contributed by atoms with Gasteiger partial charge in [-0.3, -0.25) is 4.79 Å². The molecular weight excluding hydrogens is 436 g/mol. The summed E-state index contributed by atoms with van der Waals surface area (Å²) in [6.45, 7) is 0.0817. The lowest BCUT2D eigenvalue weighted by Crippen LogP contribution is -2.05. The second kappa shape index (κ2) is 9.11. The largest absolute Gasteiger partial charge is 0.497 e. The molecule has 8 nitrogen and oxygen atoms in total. The highest BCUT2D eigenvalue weighted by Gasteiger charge is 2.14. The lowest BCUT2D eigenvalue weighted by atomic mass is 10.1. The van der Waals surface area contributed by atoms with Gasteiger partial charge in [0.1, 0.15) is 29.1 Å². The third kappa shape index (κ3) is 4.09. The fourth-order valence-electron chi connectivity index (χ4n) is 3.56. The molecule has 34 heavy (non-hydrogen) atoms. The molecule has 0 fully saturated rings. The maximum Gasteiger partial charge on any atom is 0.261 e. The summed E-state index contributed by atoms with van der Waals surface area (Å²) in [7, 11) is 3.17. The Hall–Kier alpha value is -4.59. The lowest BCUT2D eigenvalue weighted by molar-refractivity contribution is 0.287. The zero-order valence-corrected chi connectivity index (χ0v) is 18.5. The number of aromatic nitrogens is 2. The van der Waals surface area contributed by atoms with Crippen LogP contribution < -0.4 is 19.6 Å². The van der Waals surface area contributed by atoms with Crippen LogP contribution >= 0.6 is 0 Å². The Kier molecular flexibility index (Phi) is 5.70. The van der Waals surface area contributed by atoms with Gasteiger partial charge in [-0.15, -0.1) is 0 Å². The van der Waals surface area contributed by atoms with Crippen LogP contribution in [0.2, 0.25) is 0 Å². The van der Waals surface area contributed by atoms with Gasteiger partial charge in [-0.1, -0.05) is 29.4 Å². The van der Waals surface area contributed by atoms with Gasteiger partial charge in [-0.25, -0.2) is 0 Å². The molecule has 0 aliphatic heterocycles. The summed E-state index contributed by atoms with van der Waals surface area (Å²) >= 11 is 0. The molecule has 170 valence electrons. The summed E-state index contributed by atoms with van der Waals surface area (Å²) in [5.74, 6) is 2.57. The fraction of sp³-hybridized carbons (Fsp3) is 0.115. The molecule has 0 bridgehead atoms. The Labute approximate surface area is 194 Å². The second-order valence-electron chi connectivity index (χ2n) is 7.37. The van der Waals surface area contributed by atoms with E-state index in [9.17, 15) is 4.79 Å². The van der Waals surface area contributed by atoms with Gasteiger partial charge in [-0.05, 0) is 42.0 Å². The number of ether oxygens (including phenoxy) is 3. The van der Waals surface area contributed by atoms with Gasteiger partial charge in [0.05, 0.1) is 30.7 Å². The fourth-order valence-corrected chi connectivity index (χ4v) is 3.56. The first-order valence-corrected chi connectivity index (χ1v) is 10.4. The molecule has 0 N–H and O–H groups in total. The Morgan fingerprint density at radius 2 is 1.68 bits per heavy atom. The van der Waals surface area contributed by atoms with Gasteiger partial charge in [0.25, 0.3) is 5.89 Å².